The fourth-order valence-corrected chi connectivity index (χ4v) is 6.80. The lowest BCUT2D eigenvalue weighted by Crippen LogP contribution is -2.49. The molecule has 0 saturated heterocycles. The van der Waals surface area contributed by atoms with E-state index in [1.807, 2.05) is 0 Å². The predicted molar refractivity (Wildman–Crippen MR) is 111 cm³/mol. The third-order valence-corrected chi connectivity index (χ3v) is 12.5. The summed E-state index contributed by atoms with van der Waals surface area (Å²) < 4.78 is 6.98. The third-order valence-electron chi connectivity index (χ3n) is 8.03. The van der Waals surface area contributed by atoms with Crippen LogP contribution in [0.3, 0.4) is 0 Å². The minimum atomic E-state index is -1.70. The highest BCUT2D eigenvalue weighted by Crippen LogP contribution is 2.58. The van der Waals surface area contributed by atoms with Crippen molar-refractivity contribution in [1.82, 2.24) is 0 Å². The molecule has 0 radical (unpaired) electrons. The topological polar surface area (TPSA) is 9.23 Å². The Bertz CT molecular complexity index is 553. The van der Waals surface area contributed by atoms with Crippen molar-refractivity contribution in [2.24, 2.45) is 23.2 Å². The zero-order chi connectivity index (χ0) is 18.5. The molecule has 0 aromatic rings. The van der Waals surface area contributed by atoms with Gasteiger partial charge in [0.15, 0.2) is 8.32 Å². The van der Waals surface area contributed by atoms with Gasteiger partial charge in [-0.2, -0.15) is 0 Å². The zero-order valence-electron chi connectivity index (χ0n) is 17.7. The monoisotopic (exact) mass is 360 g/mol. The van der Waals surface area contributed by atoms with Gasteiger partial charge in [-0.15, -0.1) is 0 Å². The van der Waals surface area contributed by atoms with Crippen LogP contribution in [0.1, 0.15) is 73.1 Å². The smallest absolute Gasteiger partial charge is 0.192 e. The first kappa shape index (κ1) is 19.4. The Morgan fingerprint density at radius 3 is 2.60 bits per heavy atom. The van der Waals surface area contributed by atoms with Crippen LogP contribution in [0.15, 0.2) is 23.8 Å². The van der Waals surface area contributed by atoms with E-state index in [2.05, 4.69) is 65.9 Å². The molecule has 0 N–H and O–H groups in total. The summed E-state index contributed by atoms with van der Waals surface area (Å²) in [6.45, 7) is 16.8. The minimum absolute atomic E-state index is 0.302. The van der Waals surface area contributed by atoms with Crippen molar-refractivity contribution in [3.05, 3.63) is 23.8 Å². The highest BCUT2D eigenvalue weighted by Gasteiger charge is 2.54. The van der Waals surface area contributed by atoms with Gasteiger partial charge in [-0.25, -0.2) is 0 Å². The van der Waals surface area contributed by atoms with E-state index in [1.54, 1.807) is 5.57 Å². The first-order chi connectivity index (χ1) is 11.6. The Hall–Kier alpha value is -0.343. The Morgan fingerprint density at radius 1 is 1.24 bits per heavy atom. The van der Waals surface area contributed by atoms with Gasteiger partial charge in [0.1, 0.15) is 0 Å². The number of fused-ring (bicyclic) bond motifs is 3. The fraction of sp³-hybridized carbons (Fsp3) is 0.826. The van der Waals surface area contributed by atoms with Gasteiger partial charge in [-0.1, -0.05) is 59.3 Å². The maximum absolute atomic E-state index is 6.98. The highest BCUT2D eigenvalue weighted by atomic mass is 28.4. The minimum Gasteiger partial charge on any atom is -0.413 e. The summed E-state index contributed by atoms with van der Waals surface area (Å²) >= 11 is 0. The molecule has 1 saturated carbocycles. The van der Waals surface area contributed by atoms with Crippen molar-refractivity contribution >= 4 is 8.32 Å². The first-order valence-corrected chi connectivity index (χ1v) is 13.6. The maximum Gasteiger partial charge on any atom is 0.192 e. The van der Waals surface area contributed by atoms with Gasteiger partial charge in [0.2, 0.25) is 0 Å². The van der Waals surface area contributed by atoms with E-state index in [0.717, 1.165) is 17.8 Å². The molecule has 3 aliphatic carbocycles. The summed E-state index contributed by atoms with van der Waals surface area (Å²) in [6, 6.07) is 0. The van der Waals surface area contributed by atoms with Crippen LogP contribution in [0.25, 0.3) is 0 Å². The van der Waals surface area contributed by atoms with E-state index in [-0.39, 0.29) is 0 Å². The van der Waals surface area contributed by atoms with Crippen molar-refractivity contribution in [1.29, 1.82) is 0 Å². The standard InChI is InChI=1S/C23H40OSi/c1-8-9-17-10-11-18-14-15-23(5)20(19(18)16-17)12-13-21(23)24-25(6,7)22(2,3)4/h10-11,14,17,19-21H,8-9,12-13,15-16H2,1-7H3/t17-,19-,20+,21+,23+/m1/s1. The molecule has 0 amide bonds. The van der Waals surface area contributed by atoms with E-state index in [9.17, 15) is 0 Å². The summed E-state index contributed by atoms with van der Waals surface area (Å²) in [7, 11) is -1.70. The molecule has 142 valence electrons. The van der Waals surface area contributed by atoms with Crippen molar-refractivity contribution in [3.8, 4) is 0 Å². The zero-order valence-corrected chi connectivity index (χ0v) is 18.7. The molecule has 1 fully saturated rings. The average Bonchev–Trinajstić information content (AvgIpc) is 2.83. The molecule has 0 bridgehead atoms. The summed E-state index contributed by atoms with van der Waals surface area (Å²) in [4.78, 5) is 0. The molecule has 3 aliphatic rings. The molecule has 0 heterocycles. The Morgan fingerprint density at radius 2 is 1.96 bits per heavy atom. The van der Waals surface area contributed by atoms with Crippen LogP contribution >= 0.6 is 0 Å². The van der Waals surface area contributed by atoms with Crippen LogP contribution in [-0.4, -0.2) is 14.4 Å². The van der Waals surface area contributed by atoms with Gasteiger partial charge in [0.05, 0.1) is 6.10 Å². The molecule has 0 aliphatic heterocycles. The fourth-order valence-electron chi connectivity index (χ4n) is 5.35. The molecular weight excluding hydrogens is 320 g/mol. The molecule has 0 aromatic heterocycles. The van der Waals surface area contributed by atoms with Crippen molar-refractivity contribution in [2.45, 2.75) is 97.4 Å². The summed E-state index contributed by atoms with van der Waals surface area (Å²) in [6.07, 6.45) is 15.9. The lowest BCUT2D eigenvalue weighted by atomic mass is 9.60. The number of hydrogen-bond donors (Lipinski definition) is 0. The Labute approximate surface area is 157 Å². The second-order valence-corrected chi connectivity index (χ2v) is 15.5. The van der Waals surface area contributed by atoms with Crippen molar-refractivity contribution < 1.29 is 4.43 Å². The summed E-state index contributed by atoms with van der Waals surface area (Å²) in [5.74, 6) is 2.41. The van der Waals surface area contributed by atoms with Gasteiger partial charge in [0.25, 0.3) is 0 Å². The first-order valence-electron chi connectivity index (χ1n) is 10.6. The van der Waals surface area contributed by atoms with Gasteiger partial charge in [-0.05, 0) is 79.0 Å². The lowest BCUT2D eigenvalue weighted by molar-refractivity contribution is 0.0267. The molecule has 25 heavy (non-hydrogen) atoms. The third kappa shape index (κ3) is 3.46. The highest BCUT2D eigenvalue weighted by molar-refractivity contribution is 6.74. The SMILES string of the molecule is CCC[C@@H]1C=CC2=CC[C@]3(C)[C@@H](O[Si](C)(C)C(C)(C)C)CC[C@H]3[C@@H]2C1. The van der Waals surface area contributed by atoms with Crippen LogP contribution in [0.4, 0.5) is 0 Å². The van der Waals surface area contributed by atoms with Crippen LogP contribution in [0.2, 0.25) is 18.1 Å². The van der Waals surface area contributed by atoms with E-state index >= 15 is 0 Å². The molecule has 2 heteroatoms. The molecule has 5 atom stereocenters. The second kappa shape index (κ2) is 6.67. The number of rotatable bonds is 4. The number of allylic oxidation sites excluding steroid dienone is 4. The maximum atomic E-state index is 6.98. The van der Waals surface area contributed by atoms with E-state index in [1.165, 1.54) is 38.5 Å². The molecule has 0 unspecified atom stereocenters. The molecule has 3 rings (SSSR count). The van der Waals surface area contributed by atoms with Crippen molar-refractivity contribution in [2.75, 3.05) is 0 Å². The van der Waals surface area contributed by atoms with E-state index in [0.29, 0.717) is 16.6 Å². The van der Waals surface area contributed by atoms with E-state index < -0.39 is 8.32 Å². The van der Waals surface area contributed by atoms with Gasteiger partial charge in [0, 0.05) is 0 Å². The van der Waals surface area contributed by atoms with Gasteiger partial charge < -0.3 is 4.43 Å². The van der Waals surface area contributed by atoms with Crippen LogP contribution < -0.4 is 0 Å². The largest absolute Gasteiger partial charge is 0.413 e. The average molecular weight is 361 g/mol. The van der Waals surface area contributed by atoms with Crippen LogP contribution in [-0.2, 0) is 4.43 Å². The summed E-state index contributed by atoms with van der Waals surface area (Å²) in [5.41, 5.74) is 1.99. The number of hydrogen-bond acceptors (Lipinski definition) is 1. The normalized spacial score (nSPS) is 38.3. The van der Waals surface area contributed by atoms with Gasteiger partial charge >= 0.3 is 0 Å². The van der Waals surface area contributed by atoms with Crippen LogP contribution in [0, 0.1) is 23.2 Å². The quantitative estimate of drug-likeness (QED) is 0.485. The summed E-state index contributed by atoms with van der Waals surface area (Å²) in [5, 5.41) is 0.302. The lowest BCUT2D eigenvalue weighted by Gasteiger charge is -2.48. The molecular formula is C23H40OSi. The van der Waals surface area contributed by atoms with Gasteiger partial charge in [-0.3, -0.25) is 0 Å². The molecule has 1 nitrogen and oxygen atoms in total. The second-order valence-electron chi connectivity index (χ2n) is 10.7. The Kier molecular flexibility index (Phi) is 5.18. The Balaban J connectivity index is 1.80. The molecule has 0 aromatic carbocycles. The predicted octanol–water partition coefficient (Wildman–Crippen LogP) is 7.12. The van der Waals surface area contributed by atoms with Crippen molar-refractivity contribution in [3.63, 3.8) is 0 Å². The van der Waals surface area contributed by atoms with E-state index in [4.69, 9.17) is 4.43 Å². The molecule has 0 spiro atoms. The van der Waals surface area contributed by atoms with Crippen LogP contribution in [0.5, 0.6) is 0 Å².